The van der Waals surface area contributed by atoms with E-state index in [0.717, 1.165) is 5.56 Å². The second-order valence-corrected chi connectivity index (χ2v) is 4.92. The van der Waals surface area contributed by atoms with Crippen molar-refractivity contribution < 1.29 is 14.2 Å². The van der Waals surface area contributed by atoms with Crippen molar-refractivity contribution in [2.75, 3.05) is 7.11 Å². The summed E-state index contributed by atoms with van der Waals surface area (Å²) < 4.78 is 18.8. The number of hydrogen-bond acceptors (Lipinski definition) is 2. The lowest BCUT2D eigenvalue weighted by Gasteiger charge is -2.29. The second-order valence-electron chi connectivity index (χ2n) is 4.12. The number of benzene rings is 1. The van der Waals surface area contributed by atoms with Gasteiger partial charge in [-0.3, -0.25) is 0 Å². The minimum Gasteiger partial charge on any atom is -0.387 e. The van der Waals surface area contributed by atoms with Gasteiger partial charge in [0.25, 0.3) is 0 Å². The topological polar surface area (TPSA) is 29.5 Å². The largest absolute Gasteiger partial charge is 0.387 e. The maximum absolute atomic E-state index is 13.3. The van der Waals surface area contributed by atoms with Gasteiger partial charge in [-0.15, -0.1) is 0 Å². The summed E-state index contributed by atoms with van der Waals surface area (Å²) in [5.74, 6) is -0.321. The van der Waals surface area contributed by atoms with Gasteiger partial charge in [0.15, 0.2) is 0 Å². The molecule has 0 saturated carbocycles. The molecule has 0 bridgehead atoms. The van der Waals surface area contributed by atoms with Gasteiger partial charge in [-0.05, 0) is 41.4 Å². The molecule has 0 aliphatic rings. The van der Waals surface area contributed by atoms with Crippen LogP contribution in [-0.4, -0.2) is 23.9 Å². The van der Waals surface area contributed by atoms with Crippen molar-refractivity contribution in [2.24, 2.45) is 0 Å². The fourth-order valence-electron chi connectivity index (χ4n) is 1.47. The molecule has 0 saturated heterocycles. The molecule has 2 nitrogen and oxygen atoms in total. The van der Waals surface area contributed by atoms with Crippen molar-refractivity contribution >= 4 is 15.9 Å². The smallest absolute Gasteiger partial charge is 0.137 e. The highest BCUT2D eigenvalue weighted by atomic mass is 79.9. The molecule has 0 aliphatic carbocycles. The van der Waals surface area contributed by atoms with Crippen LogP contribution in [0.25, 0.3) is 0 Å². The SMILES string of the molecule is COC(C)C(C)(O)Cc1cccc(F)c1Br. The number of ether oxygens (including phenoxy) is 1. The van der Waals surface area contributed by atoms with E-state index in [4.69, 9.17) is 4.74 Å². The molecular formula is C12H16BrFO2. The van der Waals surface area contributed by atoms with Gasteiger partial charge in [-0.2, -0.15) is 0 Å². The van der Waals surface area contributed by atoms with Gasteiger partial charge in [0.05, 0.1) is 16.2 Å². The van der Waals surface area contributed by atoms with Crippen LogP contribution < -0.4 is 0 Å². The summed E-state index contributed by atoms with van der Waals surface area (Å²) in [5, 5.41) is 10.2. The Morgan fingerprint density at radius 1 is 1.56 bits per heavy atom. The van der Waals surface area contributed by atoms with Crippen molar-refractivity contribution in [1.29, 1.82) is 0 Å². The van der Waals surface area contributed by atoms with Crippen LogP contribution in [0, 0.1) is 5.82 Å². The molecule has 1 aromatic rings. The molecule has 0 aromatic heterocycles. The highest BCUT2D eigenvalue weighted by Crippen LogP contribution is 2.26. The monoisotopic (exact) mass is 290 g/mol. The van der Waals surface area contributed by atoms with Crippen LogP contribution in [0.1, 0.15) is 19.4 Å². The highest BCUT2D eigenvalue weighted by molar-refractivity contribution is 9.10. The number of rotatable bonds is 4. The molecule has 1 N–H and O–H groups in total. The van der Waals surface area contributed by atoms with E-state index in [0.29, 0.717) is 10.9 Å². The van der Waals surface area contributed by atoms with E-state index in [2.05, 4.69) is 15.9 Å². The van der Waals surface area contributed by atoms with E-state index < -0.39 is 5.60 Å². The number of hydrogen-bond donors (Lipinski definition) is 1. The van der Waals surface area contributed by atoms with E-state index >= 15 is 0 Å². The average molecular weight is 291 g/mol. The predicted molar refractivity (Wildman–Crippen MR) is 64.9 cm³/mol. The van der Waals surface area contributed by atoms with E-state index in [1.54, 1.807) is 33.1 Å². The van der Waals surface area contributed by atoms with Gasteiger partial charge >= 0.3 is 0 Å². The van der Waals surface area contributed by atoms with E-state index in [9.17, 15) is 9.50 Å². The number of aliphatic hydroxyl groups is 1. The van der Waals surface area contributed by atoms with Crippen LogP contribution in [0.15, 0.2) is 22.7 Å². The normalized spacial score (nSPS) is 16.9. The van der Waals surface area contributed by atoms with Crippen molar-refractivity contribution in [1.82, 2.24) is 0 Å². The summed E-state index contributed by atoms with van der Waals surface area (Å²) in [6.07, 6.45) is 0.0167. The lowest BCUT2D eigenvalue weighted by Crippen LogP contribution is -2.40. The molecular weight excluding hydrogens is 275 g/mol. The van der Waals surface area contributed by atoms with Gasteiger partial charge in [-0.1, -0.05) is 12.1 Å². The van der Waals surface area contributed by atoms with Gasteiger partial charge in [0, 0.05) is 13.5 Å². The first kappa shape index (κ1) is 13.6. The standard InChI is InChI=1S/C12H16BrFO2/c1-8(16-3)12(2,15)7-9-5-4-6-10(14)11(9)13/h4-6,8,15H,7H2,1-3H3. The van der Waals surface area contributed by atoms with Crippen LogP contribution in [-0.2, 0) is 11.2 Å². The molecule has 90 valence electrons. The minimum absolute atomic E-state index is 0.317. The van der Waals surface area contributed by atoms with Crippen molar-refractivity contribution in [3.63, 3.8) is 0 Å². The van der Waals surface area contributed by atoms with Gasteiger partial charge in [0.2, 0.25) is 0 Å². The molecule has 16 heavy (non-hydrogen) atoms. The fraction of sp³-hybridized carbons (Fsp3) is 0.500. The first-order chi connectivity index (χ1) is 7.38. The second kappa shape index (κ2) is 5.25. The third-order valence-electron chi connectivity index (χ3n) is 2.81. The van der Waals surface area contributed by atoms with Crippen LogP contribution >= 0.6 is 15.9 Å². The molecule has 0 aliphatic heterocycles. The van der Waals surface area contributed by atoms with Crippen LogP contribution in [0.3, 0.4) is 0 Å². The zero-order valence-corrected chi connectivity index (χ0v) is 11.2. The van der Waals surface area contributed by atoms with Crippen LogP contribution in [0.4, 0.5) is 4.39 Å². The maximum Gasteiger partial charge on any atom is 0.137 e. The first-order valence-electron chi connectivity index (χ1n) is 5.06. The Balaban J connectivity index is 2.92. The molecule has 0 amide bonds. The molecule has 2 atom stereocenters. The molecule has 1 aromatic carbocycles. The zero-order chi connectivity index (χ0) is 12.3. The summed E-state index contributed by atoms with van der Waals surface area (Å²) in [6, 6.07) is 4.79. The Morgan fingerprint density at radius 2 is 2.19 bits per heavy atom. The van der Waals surface area contributed by atoms with Crippen molar-refractivity contribution in [3.8, 4) is 0 Å². The summed E-state index contributed by atoms with van der Waals surface area (Å²) in [5.41, 5.74) is -0.292. The molecule has 0 radical (unpaired) electrons. The first-order valence-corrected chi connectivity index (χ1v) is 5.86. The highest BCUT2D eigenvalue weighted by Gasteiger charge is 2.29. The minimum atomic E-state index is -1.02. The van der Waals surface area contributed by atoms with Gasteiger partial charge < -0.3 is 9.84 Å². The third kappa shape index (κ3) is 3.03. The molecule has 0 fully saturated rings. The molecule has 0 heterocycles. The third-order valence-corrected chi connectivity index (χ3v) is 3.70. The lowest BCUT2D eigenvalue weighted by molar-refractivity contribution is -0.0716. The predicted octanol–water partition coefficient (Wildman–Crippen LogP) is 2.92. The van der Waals surface area contributed by atoms with E-state index in [1.807, 2.05) is 0 Å². The Hall–Kier alpha value is -0.450. The summed E-state index contributed by atoms with van der Waals surface area (Å²) in [7, 11) is 1.54. The van der Waals surface area contributed by atoms with Crippen LogP contribution in [0.5, 0.6) is 0 Å². The molecule has 2 unspecified atom stereocenters. The van der Waals surface area contributed by atoms with Gasteiger partial charge in [0.1, 0.15) is 5.82 Å². The van der Waals surface area contributed by atoms with E-state index in [1.165, 1.54) is 6.07 Å². The lowest BCUT2D eigenvalue weighted by atomic mass is 9.92. The van der Waals surface area contributed by atoms with E-state index in [-0.39, 0.29) is 11.9 Å². The Bertz CT molecular complexity index is 366. The Kier molecular flexibility index (Phi) is 4.47. The summed E-state index contributed by atoms with van der Waals surface area (Å²) in [4.78, 5) is 0. The molecule has 1 rings (SSSR count). The Labute approximate surface area is 104 Å². The van der Waals surface area contributed by atoms with Crippen molar-refractivity contribution in [3.05, 3.63) is 34.1 Å². The average Bonchev–Trinajstić information content (AvgIpc) is 2.23. The fourth-order valence-corrected chi connectivity index (χ4v) is 1.87. The number of halogens is 2. The quantitative estimate of drug-likeness (QED) is 0.924. The van der Waals surface area contributed by atoms with Gasteiger partial charge in [-0.25, -0.2) is 4.39 Å². The summed E-state index contributed by atoms with van der Waals surface area (Å²) >= 11 is 3.18. The van der Waals surface area contributed by atoms with Crippen LogP contribution in [0.2, 0.25) is 0 Å². The summed E-state index contributed by atoms with van der Waals surface area (Å²) in [6.45, 7) is 3.46. The maximum atomic E-state index is 13.3. The van der Waals surface area contributed by atoms with Crippen molar-refractivity contribution in [2.45, 2.75) is 32.0 Å². The molecule has 0 spiro atoms. The zero-order valence-electron chi connectivity index (χ0n) is 9.63. The Morgan fingerprint density at radius 3 is 2.75 bits per heavy atom. The number of methoxy groups -OCH3 is 1. The molecule has 4 heteroatoms.